The van der Waals surface area contributed by atoms with Gasteiger partial charge < -0.3 is 9.84 Å². The quantitative estimate of drug-likeness (QED) is 0.812. The van der Waals surface area contributed by atoms with Gasteiger partial charge in [-0.2, -0.15) is 10.1 Å². The molecule has 1 aliphatic carbocycles. The smallest absolute Gasteiger partial charge is 0.229 e. The van der Waals surface area contributed by atoms with Crippen LogP contribution in [0.2, 0.25) is 0 Å². The van der Waals surface area contributed by atoms with Crippen LogP contribution in [0.15, 0.2) is 16.9 Å². The van der Waals surface area contributed by atoms with Gasteiger partial charge in [-0.05, 0) is 24.8 Å². The number of nitrogens with one attached hydrogen (secondary N) is 2. The Morgan fingerprint density at radius 2 is 2.23 bits per heavy atom. The van der Waals surface area contributed by atoms with Gasteiger partial charge in [0.2, 0.25) is 11.8 Å². The average Bonchev–Trinajstić information content (AvgIpc) is 3.26. The van der Waals surface area contributed by atoms with Crippen molar-refractivity contribution in [2.75, 3.05) is 6.54 Å². The molecule has 2 N–H and O–H groups in total. The van der Waals surface area contributed by atoms with E-state index in [4.69, 9.17) is 4.52 Å². The van der Waals surface area contributed by atoms with Crippen molar-refractivity contribution < 1.29 is 9.32 Å². The summed E-state index contributed by atoms with van der Waals surface area (Å²) in [5.41, 5.74) is 1.04. The van der Waals surface area contributed by atoms with Gasteiger partial charge in [0.05, 0.1) is 6.20 Å². The third-order valence-corrected chi connectivity index (χ3v) is 4.05. The van der Waals surface area contributed by atoms with Crippen LogP contribution in [0.5, 0.6) is 0 Å². The number of carbonyl (C=O) groups is 1. The SMILES string of the molecule is O=C(CCc1cn[nH]c1)NCCc1noc(C2CCCC2)n1. The molecule has 2 aromatic heterocycles. The van der Waals surface area contributed by atoms with Gasteiger partial charge in [0.15, 0.2) is 5.82 Å². The van der Waals surface area contributed by atoms with Gasteiger partial charge in [-0.15, -0.1) is 0 Å². The van der Waals surface area contributed by atoms with Crippen LogP contribution >= 0.6 is 0 Å². The number of H-pyrrole nitrogens is 1. The van der Waals surface area contributed by atoms with Crippen LogP contribution in [0.4, 0.5) is 0 Å². The lowest BCUT2D eigenvalue weighted by atomic mass is 10.1. The van der Waals surface area contributed by atoms with Gasteiger partial charge in [-0.1, -0.05) is 18.0 Å². The molecule has 1 amide bonds. The average molecular weight is 303 g/mol. The number of aromatic nitrogens is 4. The second-order valence-corrected chi connectivity index (χ2v) is 5.74. The van der Waals surface area contributed by atoms with E-state index in [0.29, 0.717) is 37.5 Å². The molecule has 1 fully saturated rings. The fourth-order valence-electron chi connectivity index (χ4n) is 2.78. The summed E-state index contributed by atoms with van der Waals surface area (Å²) in [7, 11) is 0. The molecule has 0 atom stereocenters. The van der Waals surface area contributed by atoms with Crippen molar-refractivity contribution in [3.05, 3.63) is 29.7 Å². The molecule has 2 aromatic rings. The summed E-state index contributed by atoms with van der Waals surface area (Å²) >= 11 is 0. The molecule has 2 heterocycles. The maximum Gasteiger partial charge on any atom is 0.229 e. The first-order valence-electron chi connectivity index (χ1n) is 7.88. The van der Waals surface area contributed by atoms with E-state index in [1.165, 1.54) is 12.8 Å². The molecule has 7 heteroatoms. The molecule has 7 nitrogen and oxygen atoms in total. The second-order valence-electron chi connectivity index (χ2n) is 5.74. The van der Waals surface area contributed by atoms with E-state index < -0.39 is 0 Å². The minimum absolute atomic E-state index is 0.0284. The normalized spacial score (nSPS) is 15.3. The predicted octanol–water partition coefficient (Wildman–Crippen LogP) is 1.74. The Bertz CT molecular complexity index is 587. The monoisotopic (exact) mass is 303 g/mol. The van der Waals surface area contributed by atoms with Crippen LogP contribution < -0.4 is 5.32 Å². The number of hydrogen-bond donors (Lipinski definition) is 2. The van der Waals surface area contributed by atoms with Crippen molar-refractivity contribution in [2.45, 2.75) is 50.9 Å². The Labute approximate surface area is 128 Å². The summed E-state index contributed by atoms with van der Waals surface area (Å²) in [5.74, 6) is 1.90. The first-order chi connectivity index (χ1) is 10.8. The van der Waals surface area contributed by atoms with Crippen molar-refractivity contribution in [3.8, 4) is 0 Å². The minimum atomic E-state index is 0.0284. The van der Waals surface area contributed by atoms with E-state index >= 15 is 0 Å². The van der Waals surface area contributed by atoms with Crippen LogP contribution in [0.1, 0.15) is 55.3 Å². The molecule has 0 aliphatic heterocycles. The Hall–Kier alpha value is -2.18. The lowest BCUT2D eigenvalue weighted by Gasteiger charge is -2.02. The van der Waals surface area contributed by atoms with E-state index in [0.717, 1.165) is 24.3 Å². The van der Waals surface area contributed by atoms with Gasteiger partial charge >= 0.3 is 0 Å². The summed E-state index contributed by atoms with van der Waals surface area (Å²) in [6.07, 6.45) is 10.1. The maximum absolute atomic E-state index is 11.7. The van der Waals surface area contributed by atoms with E-state index in [1.807, 2.05) is 0 Å². The molecular formula is C15H21N5O2. The zero-order valence-corrected chi connectivity index (χ0v) is 12.5. The molecule has 118 valence electrons. The predicted molar refractivity (Wildman–Crippen MR) is 79.1 cm³/mol. The summed E-state index contributed by atoms with van der Waals surface area (Å²) in [4.78, 5) is 16.2. The van der Waals surface area contributed by atoms with Crippen LogP contribution in [-0.2, 0) is 17.6 Å². The van der Waals surface area contributed by atoms with Crippen molar-refractivity contribution >= 4 is 5.91 Å². The Balaban J connectivity index is 1.36. The first-order valence-corrected chi connectivity index (χ1v) is 7.88. The molecule has 0 saturated heterocycles. The number of aromatic amines is 1. The molecule has 0 aromatic carbocycles. The van der Waals surface area contributed by atoms with Crippen molar-refractivity contribution in [2.24, 2.45) is 0 Å². The maximum atomic E-state index is 11.7. The zero-order valence-electron chi connectivity index (χ0n) is 12.5. The standard InChI is InChI=1S/C15H21N5O2/c21-14(6-5-11-9-17-18-10-11)16-8-7-13-19-15(22-20-13)12-3-1-2-4-12/h9-10,12H,1-8H2,(H,16,21)(H,17,18). The molecule has 0 spiro atoms. The number of hydrogen-bond acceptors (Lipinski definition) is 5. The van der Waals surface area contributed by atoms with E-state index in [2.05, 4.69) is 25.7 Å². The molecule has 0 unspecified atom stereocenters. The van der Waals surface area contributed by atoms with Gasteiger partial charge in [-0.3, -0.25) is 9.89 Å². The third kappa shape index (κ3) is 3.93. The molecule has 1 aliphatic rings. The fourth-order valence-corrected chi connectivity index (χ4v) is 2.78. The van der Waals surface area contributed by atoms with Gasteiger partial charge in [-0.25, -0.2) is 0 Å². The van der Waals surface area contributed by atoms with Crippen LogP contribution in [0.25, 0.3) is 0 Å². The highest BCUT2D eigenvalue weighted by Crippen LogP contribution is 2.32. The van der Waals surface area contributed by atoms with Gasteiger partial charge in [0.1, 0.15) is 0 Å². The number of rotatable bonds is 7. The Morgan fingerprint density at radius 1 is 1.36 bits per heavy atom. The molecule has 0 bridgehead atoms. The first kappa shape index (κ1) is 14.7. The van der Waals surface area contributed by atoms with Crippen LogP contribution in [-0.4, -0.2) is 32.8 Å². The van der Waals surface area contributed by atoms with Crippen molar-refractivity contribution in [1.82, 2.24) is 25.7 Å². The molecule has 0 radical (unpaired) electrons. The summed E-state index contributed by atoms with van der Waals surface area (Å²) in [6.45, 7) is 0.536. The van der Waals surface area contributed by atoms with E-state index in [9.17, 15) is 4.79 Å². The van der Waals surface area contributed by atoms with E-state index in [-0.39, 0.29) is 5.91 Å². The largest absolute Gasteiger partial charge is 0.356 e. The number of amides is 1. The summed E-state index contributed by atoms with van der Waals surface area (Å²) < 4.78 is 5.32. The van der Waals surface area contributed by atoms with E-state index in [1.54, 1.807) is 12.4 Å². The summed E-state index contributed by atoms with van der Waals surface area (Å²) in [5, 5.41) is 13.5. The second kappa shape index (κ2) is 7.20. The fraction of sp³-hybridized carbons (Fsp3) is 0.600. The third-order valence-electron chi connectivity index (χ3n) is 4.05. The summed E-state index contributed by atoms with van der Waals surface area (Å²) in [6, 6.07) is 0. The zero-order chi connectivity index (χ0) is 15.2. The number of aryl methyl sites for hydroxylation is 1. The van der Waals surface area contributed by atoms with Crippen molar-refractivity contribution in [3.63, 3.8) is 0 Å². The minimum Gasteiger partial charge on any atom is -0.356 e. The highest BCUT2D eigenvalue weighted by molar-refractivity contribution is 5.76. The topological polar surface area (TPSA) is 96.7 Å². The number of nitrogens with zero attached hydrogens (tertiary/aromatic N) is 3. The molecular weight excluding hydrogens is 282 g/mol. The Kier molecular flexibility index (Phi) is 4.82. The lowest BCUT2D eigenvalue weighted by molar-refractivity contribution is -0.121. The van der Waals surface area contributed by atoms with Crippen LogP contribution in [0.3, 0.4) is 0 Å². The Morgan fingerprint density at radius 3 is 3.00 bits per heavy atom. The highest BCUT2D eigenvalue weighted by atomic mass is 16.5. The molecule has 3 rings (SSSR count). The lowest BCUT2D eigenvalue weighted by Crippen LogP contribution is -2.26. The van der Waals surface area contributed by atoms with Crippen molar-refractivity contribution in [1.29, 1.82) is 0 Å². The van der Waals surface area contributed by atoms with Gasteiger partial charge in [0, 0.05) is 31.5 Å². The molecule has 1 saturated carbocycles. The number of carbonyl (C=O) groups excluding carboxylic acids is 1. The highest BCUT2D eigenvalue weighted by Gasteiger charge is 2.22. The van der Waals surface area contributed by atoms with Gasteiger partial charge in [0.25, 0.3) is 0 Å². The van der Waals surface area contributed by atoms with Crippen LogP contribution in [0, 0.1) is 0 Å². The molecule has 22 heavy (non-hydrogen) atoms.